The molecule has 2 heterocycles. The minimum absolute atomic E-state index is 0.00825. The zero-order chi connectivity index (χ0) is 27.6. The van der Waals surface area contributed by atoms with Crippen molar-refractivity contribution in [1.29, 1.82) is 0 Å². The van der Waals surface area contributed by atoms with Gasteiger partial charge in [0.05, 0.1) is 5.92 Å². The maximum absolute atomic E-state index is 14.8. The maximum atomic E-state index is 14.8. The Bertz CT molecular complexity index is 1170. The molecule has 2 fully saturated rings. The SMILES string of the molecule is CC(=O)NCCc1cc(F)ccc1C1CCN(C(=O)[C@@H]2CN(C(C)(C)C)C[C@H]2c2ccc(F)cc2F)CC1. The Balaban J connectivity index is 1.48. The van der Waals surface area contributed by atoms with Gasteiger partial charge in [0.25, 0.3) is 0 Å². The van der Waals surface area contributed by atoms with Gasteiger partial charge in [0.2, 0.25) is 11.8 Å². The van der Waals surface area contributed by atoms with E-state index in [1.54, 1.807) is 0 Å². The lowest BCUT2D eigenvalue weighted by Gasteiger charge is -2.36. The predicted octanol–water partition coefficient (Wildman–Crippen LogP) is 5.00. The van der Waals surface area contributed by atoms with E-state index >= 15 is 0 Å². The molecule has 2 aromatic carbocycles. The number of piperidine rings is 1. The minimum Gasteiger partial charge on any atom is -0.356 e. The summed E-state index contributed by atoms with van der Waals surface area (Å²) in [6, 6.07) is 8.47. The van der Waals surface area contributed by atoms with Crippen LogP contribution in [-0.4, -0.2) is 59.9 Å². The molecule has 8 heteroatoms. The summed E-state index contributed by atoms with van der Waals surface area (Å²) in [5.74, 6) is -2.22. The number of carbonyl (C=O) groups excluding carboxylic acids is 2. The van der Waals surface area contributed by atoms with E-state index in [4.69, 9.17) is 0 Å². The number of amides is 2. The Morgan fingerprint density at radius 1 is 0.947 bits per heavy atom. The number of halogens is 3. The first kappa shape index (κ1) is 28.1. The fourth-order valence-electron chi connectivity index (χ4n) is 5.93. The predicted molar refractivity (Wildman–Crippen MR) is 141 cm³/mol. The Kier molecular flexibility index (Phi) is 8.50. The number of hydrogen-bond donors (Lipinski definition) is 1. The molecule has 0 unspecified atom stereocenters. The van der Waals surface area contributed by atoms with Crippen molar-refractivity contribution in [3.05, 3.63) is 70.5 Å². The van der Waals surface area contributed by atoms with Crippen molar-refractivity contribution in [3.8, 4) is 0 Å². The zero-order valence-electron chi connectivity index (χ0n) is 22.7. The quantitative estimate of drug-likeness (QED) is 0.573. The lowest BCUT2D eigenvalue weighted by Crippen LogP contribution is -2.44. The molecule has 0 aliphatic carbocycles. The second-order valence-electron chi connectivity index (χ2n) is 11.6. The summed E-state index contributed by atoms with van der Waals surface area (Å²) < 4.78 is 42.4. The minimum atomic E-state index is -0.626. The summed E-state index contributed by atoms with van der Waals surface area (Å²) in [6.45, 7) is 10.3. The number of hydrogen-bond acceptors (Lipinski definition) is 3. The largest absolute Gasteiger partial charge is 0.356 e. The van der Waals surface area contributed by atoms with E-state index < -0.39 is 17.6 Å². The van der Waals surface area contributed by atoms with Crippen molar-refractivity contribution in [2.24, 2.45) is 5.92 Å². The maximum Gasteiger partial charge on any atom is 0.227 e. The molecular formula is C30H38F3N3O2. The highest BCUT2D eigenvalue weighted by Gasteiger charge is 2.44. The average Bonchev–Trinajstić information content (AvgIpc) is 3.29. The van der Waals surface area contributed by atoms with Crippen LogP contribution in [0, 0.1) is 23.4 Å². The lowest BCUT2D eigenvalue weighted by atomic mass is 9.84. The Morgan fingerprint density at radius 2 is 1.58 bits per heavy atom. The first-order valence-electron chi connectivity index (χ1n) is 13.5. The van der Waals surface area contributed by atoms with Crippen LogP contribution < -0.4 is 5.32 Å². The molecule has 5 nitrogen and oxygen atoms in total. The van der Waals surface area contributed by atoms with Gasteiger partial charge in [-0.15, -0.1) is 0 Å². The zero-order valence-corrected chi connectivity index (χ0v) is 22.7. The van der Waals surface area contributed by atoms with E-state index in [-0.39, 0.29) is 35.0 Å². The van der Waals surface area contributed by atoms with Gasteiger partial charge in [0.15, 0.2) is 0 Å². The fourth-order valence-corrected chi connectivity index (χ4v) is 5.93. The molecule has 2 amide bonds. The monoisotopic (exact) mass is 529 g/mol. The second kappa shape index (κ2) is 11.5. The summed E-state index contributed by atoms with van der Waals surface area (Å²) in [4.78, 5) is 29.1. The van der Waals surface area contributed by atoms with Gasteiger partial charge in [-0.3, -0.25) is 14.5 Å². The summed E-state index contributed by atoms with van der Waals surface area (Å²) in [6.07, 6.45) is 2.03. The molecule has 2 saturated heterocycles. The first-order valence-corrected chi connectivity index (χ1v) is 13.5. The van der Waals surface area contributed by atoms with Gasteiger partial charge in [-0.25, -0.2) is 13.2 Å². The molecule has 0 radical (unpaired) electrons. The second-order valence-corrected chi connectivity index (χ2v) is 11.6. The lowest BCUT2D eigenvalue weighted by molar-refractivity contribution is -0.136. The van der Waals surface area contributed by atoms with Gasteiger partial charge in [0, 0.05) is 57.2 Å². The normalized spacial score (nSPS) is 21.1. The summed E-state index contributed by atoms with van der Waals surface area (Å²) in [7, 11) is 0. The van der Waals surface area contributed by atoms with E-state index in [0.717, 1.165) is 30.0 Å². The van der Waals surface area contributed by atoms with Crippen LogP contribution in [0.1, 0.15) is 69.1 Å². The molecule has 1 N–H and O–H groups in total. The van der Waals surface area contributed by atoms with Crippen LogP contribution in [0.4, 0.5) is 13.2 Å². The smallest absolute Gasteiger partial charge is 0.227 e. The number of nitrogens with one attached hydrogen (secondary N) is 1. The van der Waals surface area contributed by atoms with E-state index in [0.29, 0.717) is 44.7 Å². The first-order chi connectivity index (χ1) is 17.9. The molecule has 0 aromatic heterocycles. The third-order valence-electron chi connectivity index (χ3n) is 8.07. The third kappa shape index (κ3) is 6.40. The van der Waals surface area contributed by atoms with Crippen LogP contribution in [0.3, 0.4) is 0 Å². The van der Waals surface area contributed by atoms with E-state index in [1.807, 2.05) is 11.0 Å². The molecule has 206 valence electrons. The van der Waals surface area contributed by atoms with Crippen LogP contribution in [0.5, 0.6) is 0 Å². The molecule has 2 aromatic rings. The highest BCUT2D eigenvalue weighted by molar-refractivity contribution is 5.81. The number of likely N-dealkylation sites (tertiary alicyclic amines) is 2. The van der Waals surface area contributed by atoms with Gasteiger partial charge in [-0.2, -0.15) is 0 Å². The van der Waals surface area contributed by atoms with E-state index in [1.165, 1.54) is 31.2 Å². The van der Waals surface area contributed by atoms with Gasteiger partial charge in [-0.1, -0.05) is 12.1 Å². The Morgan fingerprint density at radius 3 is 2.18 bits per heavy atom. The van der Waals surface area contributed by atoms with Crippen molar-refractivity contribution in [1.82, 2.24) is 15.1 Å². The van der Waals surface area contributed by atoms with Crippen LogP contribution >= 0.6 is 0 Å². The van der Waals surface area contributed by atoms with Crippen molar-refractivity contribution < 1.29 is 22.8 Å². The molecule has 2 atom stereocenters. The summed E-state index contributed by atoms with van der Waals surface area (Å²) in [5, 5.41) is 2.77. The molecule has 2 aliphatic rings. The molecule has 0 spiro atoms. The van der Waals surface area contributed by atoms with Gasteiger partial charge in [-0.05, 0) is 80.8 Å². The van der Waals surface area contributed by atoms with E-state index in [9.17, 15) is 22.8 Å². The Labute approximate surface area is 223 Å². The Hall–Kier alpha value is -2.87. The van der Waals surface area contributed by atoms with E-state index in [2.05, 4.69) is 31.0 Å². The standard InChI is InChI=1S/C30H38F3N3O2/c1-19(37)34-12-9-21-15-22(31)5-7-24(21)20-10-13-35(14-11-20)29(38)27-18-36(30(2,3)4)17-26(27)25-8-6-23(32)16-28(25)33/h5-8,15-16,20,26-27H,9-14,17-18H2,1-4H3,(H,34,37)/t26-,27+/m0/s1. The van der Waals surface area contributed by atoms with Crippen LogP contribution in [0.15, 0.2) is 36.4 Å². The molecule has 2 aliphatic heterocycles. The van der Waals surface area contributed by atoms with Crippen molar-refractivity contribution in [2.75, 3.05) is 32.7 Å². The van der Waals surface area contributed by atoms with Gasteiger partial charge >= 0.3 is 0 Å². The highest BCUT2D eigenvalue weighted by atomic mass is 19.1. The van der Waals surface area contributed by atoms with Crippen molar-refractivity contribution in [2.45, 2.75) is 64.3 Å². The molecule has 38 heavy (non-hydrogen) atoms. The summed E-state index contributed by atoms with van der Waals surface area (Å²) in [5.41, 5.74) is 2.15. The highest BCUT2D eigenvalue weighted by Crippen LogP contribution is 2.40. The third-order valence-corrected chi connectivity index (χ3v) is 8.07. The molecular weight excluding hydrogens is 491 g/mol. The molecule has 0 saturated carbocycles. The van der Waals surface area contributed by atoms with Gasteiger partial charge in [0.1, 0.15) is 17.5 Å². The van der Waals surface area contributed by atoms with Crippen molar-refractivity contribution >= 4 is 11.8 Å². The number of carbonyl (C=O) groups is 2. The fraction of sp³-hybridized carbons (Fsp3) is 0.533. The molecule has 0 bridgehead atoms. The number of nitrogens with zero attached hydrogens (tertiary/aromatic N) is 2. The van der Waals surface area contributed by atoms with Crippen molar-refractivity contribution in [3.63, 3.8) is 0 Å². The topological polar surface area (TPSA) is 52.7 Å². The molecule has 4 rings (SSSR count). The van der Waals surface area contributed by atoms with Crippen LogP contribution in [0.25, 0.3) is 0 Å². The van der Waals surface area contributed by atoms with Crippen LogP contribution in [-0.2, 0) is 16.0 Å². The van der Waals surface area contributed by atoms with Crippen LogP contribution in [0.2, 0.25) is 0 Å². The average molecular weight is 530 g/mol. The number of benzene rings is 2. The van der Waals surface area contributed by atoms with Gasteiger partial charge < -0.3 is 10.2 Å². The number of rotatable bonds is 6. The summed E-state index contributed by atoms with van der Waals surface area (Å²) >= 11 is 0.